The van der Waals surface area contributed by atoms with Gasteiger partial charge in [-0.1, -0.05) is 60.7 Å². The normalized spacial score (nSPS) is 16.6. The Kier molecular flexibility index (Phi) is 4.34. The average Bonchev–Trinajstić information content (AvgIpc) is 2.67. The van der Waals surface area contributed by atoms with Gasteiger partial charge in [0.1, 0.15) is 0 Å². The van der Waals surface area contributed by atoms with Crippen molar-refractivity contribution in [3.63, 3.8) is 0 Å². The van der Waals surface area contributed by atoms with Gasteiger partial charge in [-0.25, -0.2) is 9.97 Å². The van der Waals surface area contributed by atoms with E-state index in [1.54, 1.807) is 0 Å². The second-order valence-corrected chi connectivity index (χ2v) is 6.34. The maximum Gasteiger partial charge on any atom is 0.159 e. The predicted molar refractivity (Wildman–Crippen MR) is 96.6 cm³/mol. The monoisotopic (exact) mass is 315 g/mol. The van der Waals surface area contributed by atoms with Crippen molar-refractivity contribution in [1.29, 1.82) is 0 Å². The van der Waals surface area contributed by atoms with Crippen LogP contribution < -0.4 is 5.32 Å². The van der Waals surface area contributed by atoms with Crippen molar-refractivity contribution in [1.82, 2.24) is 15.3 Å². The van der Waals surface area contributed by atoms with Crippen LogP contribution in [0.25, 0.3) is 11.4 Å². The summed E-state index contributed by atoms with van der Waals surface area (Å²) in [5.41, 5.74) is 4.91. The molecule has 1 aliphatic rings. The van der Waals surface area contributed by atoms with Gasteiger partial charge < -0.3 is 5.32 Å². The van der Waals surface area contributed by atoms with Crippen molar-refractivity contribution in [2.45, 2.75) is 31.8 Å². The van der Waals surface area contributed by atoms with Crippen LogP contribution >= 0.6 is 0 Å². The van der Waals surface area contributed by atoms with Gasteiger partial charge in [-0.3, -0.25) is 0 Å². The van der Waals surface area contributed by atoms with Crippen molar-refractivity contribution in [3.8, 4) is 11.4 Å². The van der Waals surface area contributed by atoms with Crippen LogP contribution in [0.3, 0.4) is 0 Å². The molecule has 24 heavy (non-hydrogen) atoms. The summed E-state index contributed by atoms with van der Waals surface area (Å²) in [5.74, 6) is 0.838. The summed E-state index contributed by atoms with van der Waals surface area (Å²) in [5, 5.41) is 3.67. The van der Waals surface area contributed by atoms with Gasteiger partial charge in [0.25, 0.3) is 0 Å². The lowest BCUT2D eigenvalue weighted by atomic mass is 9.92. The molecule has 0 radical (unpaired) electrons. The minimum Gasteiger partial charge on any atom is -0.310 e. The minimum absolute atomic E-state index is 0.504. The SMILES string of the molecule is c1ccc(CN[C@@H]2CCc3nc(-c4ccccc4)ncc3C2)cc1. The Morgan fingerprint density at radius 2 is 1.71 bits per heavy atom. The molecule has 0 unspecified atom stereocenters. The molecule has 1 aliphatic carbocycles. The van der Waals surface area contributed by atoms with Gasteiger partial charge in [-0.2, -0.15) is 0 Å². The van der Waals surface area contributed by atoms with Crippen LogP contribution in [0.5, 0.6) is 0 Å². The number of rotatable bonds is 4. The second-order valence-electron chi connectivity index (χ2n) is 6.34. The zero-order valence-corrected chi connectivity index (χ0v) is 13.7. The molecule has 1 aromatic heterocycles. The van der Waals surface area contributed by atoms with Crippen LogP contribution in [0.2, 0.25) is 0 Å². The molecule has 1 heterocycles. The Bertz CT molecular complexity index is 800. The Morgan fingerprint density at radius 1 is 0.958 bits per heavy atom. The fourth-order valence-corrected chi connectivity index (χ4v) is 3.27. The highest BCUT2D eigenvalue weighted by Crippen LogP contribution is 2.22. The summed E-state index contributed by atoms with van der Waals surface area (Å²) in [4.78, 5) is 9.37. The fourth-order valence-electron chi connectivity index (χ4n) is 3.27. The average molecular weight is 315 g/mol. The van der Waals surface area contributed by atoms with E-state index < -0.39 is 0 Å². The molecule has 3 heteroatoms. The van der Waals surface area contributed by atoms with E-state index in [4.69, 9.17) is 4.98 Å². The summed E-state index contributed by atoms with van der Waals surface area (Å²) in [6.45, 7) is 0.920. The number of nitrogens with one attached hydrogen (secondary N) is 1. The molecule has 120 valence electrons. The first-order valence-electron chi connectivity index (χ1n) is 8.56. The number of fused-ring (bicyclic) bond motifs is 1. The van der Waals surface area contributed by atoms with Crippen LogP contribution in [0.15, 0.2) is 66.9 Å². The highest BCUT2D eigenvalue weighted by molar-refractivity contribution is 5.54. The van der Waals surface area contributed by atoms with Crippen LogP contribution in [0, 0.1) is 0 Å². The number of hydrogen-bond acceptors (Lipinski definition) is 3. The summed E-state index contributed by atoms with van der Waals surface area (Å²) >= 11 is 0. The summed E-state index contributed by atoms with van der Waals surface area (Å²) in [6, 6.07) is 21.3. The molecule has 3 aromatic rings. The smallest absolute Gasteiger partial charge is 0.159 e. The molecule has 0 bridgehead atoms. The molecule has 0 amide bonds. The third kappa shape index (κ3) is 3.36. The molecule has 4 rings (SSSR count). The lowest BCUT2D eigenvalue weighted by Crippen LogP contribution is -2.34. The van der Waals surface area contributed by atoms with Crippen molar-refractivity contribution >= 4 is 0 Å². The predicted octanol–water partition coefficient (Wildman–Crippen LogP) is 3.79. The van der Waals surface area contributed by atoms with E-state index >= 15 is 0 Å². The Balaban J connectivity index is 1.44. The third-order valence-electron chi connectivity index (χ3n) is 4.62. The van der Waals surface area contributed by atoms with Crippen molar-refractivity contribution < 1.29 is 0 Å². The van der Waals surface area contributed by atoms with Crippen molar-refractivity contribution in [2.24, 2.45) is 0 Å². The van der Waals surface area contributed by atoms with Crippen LogP contribution in [0.4, 0.5) is 0 Å². The number of hydrogen-bond donors (Lipinski definition) is 1. The van der Waals surface area contributed by atoms with Crippen molar-refractivity contribution in [2.75, 3.05) is 0 Å². The van der Waals surface area contributed by atoms with E-state index in [-0.39, 0.29) is 0 Å². The Morgan fingerprint density at radius 3 is 2.50 bits per heavy atom. The first kappa shape index (κ1) is 15.0. The van der Waals surface area contributed by atoms with E-state index in [1.807, 2.05) is 24.4 Å². The van der Waals surface area contributed by atoms with Gasteiger partial charge in [-0.15, -0.1) is 0 Å². The van der Waals surface area contributed by atoms with Crippen molar-refractivity contribution in [3.05, 3.63) is 83.7 Å². The number of benzene rings is 2. The van der Waals surface area contributed by atoms with E-state index in [1.165, 1.54) is 16.8 Å². The largest absolute Gasteiger partial charge is 0.310 e. The lowest BCUT2D eigenvalue weighted by Gasteiger charge is -2.25. The highest BCUT2D eigenvalue weighted by atomic mass is 14.9. The van der Waals surface area contributed by atoms with E-state index in [0.29, 0.717) is 6.04 Å². The quantitative estimate of drug-likeness (QED) is 0.796. The van der Waals surface area contributed by atoms with E-state index in [9.17, 15) is 0 Å². The van der Waals surface area contributed by atoms with E-state index in [0.717, 1.165) is 37.2 Å². The molecular formula is C21H21N3. The molecular weight excluding hydrogens is 294 g/mol. The topological polar surface area (TPSA) is 37.8 Å². The first-order chi connectivity index (χ1) is 11.9. The maximum atomic E-state index is 4.80. The fraction of sp³-hybridized carbons (Fsp3) is 0.238. The molecule has 0 saturated heterocycles. The molecule has 1 N–H and O–H groups in total. The third-order valence-corrected chi connectivity index (χ3v) is 4.62. The first-order valence-corrected chi connectivity index (χ1v) is 8.56. The van der Waals surface area contributed by atoms with Gasteiger partial charge in [0.2, 0.25) is 0 Å². The van der Waals surface area contributed by atoms with Gasteiger partial charge >= 0.3 is 0 Å². The van der Waals surface area contributed by atoms with Gasteiger partial charge in [0, 0.05) is 30.0 Å². The lowest BCUT2D eigenvalue weighted by molar-refractivity contribution is 0.452. The number of aromatic nitrogens is 2. The van der Waals surface area contributed by atoms with Crippen LogP contribution in [-0.4, -0.2) is 16.0 Å². The minimum atomic E-state index is 0.504. The standard InChI is InChI=1S/C21H21N3/c1-3-7-16(8-4-1)14-22-19-11-12-20-18(13-19)15-23-21(24-20)17-9-5-2-6-10-17/h1-10,15,19,22H,11-14H2/t19-/m1/s1. The molecule has 0 saturated carbocycles. The molecule has 0 aliphatic heterocycles. The number of nitrogens with zero attached hydrogens (tertiary/aromatic N) is 2. The number of aryl methyl sites for hydroxylation is 1. The maximum absolute atomic E-state index is 4.80. The summed E-state index contributed by atoms with van der Waals surface area (Å²) < 4.78 is 0. The van der Waals surface area contributed by atoms with Gasteiger partial charge in [-0.05, 0) is 30.4 Å². The summed E-state index contributed by atoms with van der Waals surface area (Å²) in [7, 11) is 0. The van der Waals surface area contributed by atoms with Gasteiger partial charge in [0.05, 0.1) is 0 Å². The molecule has 0 fully saturated rings. The Hall–Kier alpha value is -2.52. The Labute approximate surface area is 142 Å². The highest BCUT2D eigenvalue weighted by Gasteiger charge is 2.20. The van der Waals surface area contributed by atoms with E-state index in [2.05, 4.69) is 52.8 Å². The molecule has 2 aromatic carbocycles. The second kappa shape index (κ2) is 6.93. The zero-order chi connectivity index (χ0) is 16.2. The summed E-state index contributed by atoms with van der Waals surface area (Å²) in [6.07, 6.45) is 5.17. The van der Waals surface area contributed by atoms with Crippen LogP contribution in [-0.2, 0) is 19.4 Å². The zero-order valence-electron chi connectivity index (χ0n) is 13.7. The molecule has 3 nitrogen and oxygen atoms in total. The molecule has 0 spiro atoms. The molecule has 1 atom stereocenters. The van der Waals surface area contributed by atoms with Gasteiger partial charge in [0.15, 0.2) is 5.82 Å². The van der Waals surface area contributed by atoms with Crippen LogP contribution in [0.1, 0.15) is 23.2 Å².